The van der Waals surface area contributed by atoms with Crippen LogP contribution in [0.3, 0.4) is 0 Å². The standard InChI is InChI=1S/C15H21NO3S/c1-10(2)16(8-15(18)19)14(17)9-20-13-7-11(3)5-6-12(13)4/h5-7,10H,8-9H2,1-4H3,(H,18,19). The average molecular weight is 295 g/mol. The molecule has 0 fully saturated rings. The first-order chi connectivity index (χ1) is 9.31. The van der Waals surface area contributed by atoms with Gasteiger partial charge in [0.15, 0.2) is 0 Å². The molecular weight excluding hydrogens is 274 g/mol. The molecule has 110 valence electrons. The Balaban J connectivity index is 2.69. The van der Waals surface area contributed by atoms with Gasteiger partial charge in [0.05, 0.1) is 5.75 Å². The van der Waals surface area contributed by atoms with E-state index in [-0.39, 0.29) is 24.2 Å². The van der Waals surface area contributed by atoms with Gasteiger partial charge in [-0.2, -0.15) is 0 Å². The van der Waals surface area contributed by atoms with Crippen molar-refractivity contribution in [3.63, 3.8) is 0 Å². The first-order valence-corrected chi connectivity index (χ1v) is 7.51. The van der Waals surface area contributed by atoms with Crippen LogP contribution in [-0.4, -0.2) is 40.2 Å². The van der Waals surface area contributed by atoms with Gasteiger partial charge in [-0.15, -0.1) is 11.8 Å². The molecule has 1 rings (SSSR count). The smallest absolute Gasteiger partial charge is 0.323 e. The highest BCUT2D eigenvalue weighted by Gasteiger charge is 2.19. The molecule has 1 aromatic carbocycles. The quantitative estimate of drug-likeness (QED) is 0.820. The first kappa shape index (κ1) is 16.6. The van der Waals surface area contributed by atoms with E-state index in [1.54, 1.807) is 0 Å². The Hall–Kier alpha value is -1.49. The zero-order valence-corrected chi connectivity index (χ0v) is 13.2. The fourth-order valence-electron chi connectivity index (χ4n) is 1.79. The minimum absolute atomic E-state index is 0.113. The number of aryl methyl sites for hydroxylation is 2. The van der Waals surface area contributed by atoms with Crippen molar-refractivity contribution in [1.82, 2.24) is 4.90 Å². The van der Waals surface area contributed by atoms with E-state index in [0.717, 1.165) is 16.0 Å². The zero-order valence-electron chi connectivity index (χ0n) is 12.3. The topological polar surface area (TPSA) is 57.6 Å². The van der Waals surface area contributed by atoms with Crippen LogP contribution in [0.1, 0.15) is 25.0 Å². The monoisotopic (exact) mass is 295 g/mol. The summed E-state index contributed by atoms with van der Waals surface area (Å²) < 4.78 is 0. The second-order valence-corrected chi connectivity index (χ2v) is 6.08. The number of carboxylic acid groups (broad SMARTS) is 1. The number of benzene rings is 1. The highest BCUT2D eigenvalue weighted by atomic mass is 32.2. The van der Waals surface area contributed by atoms with E-state index in [1.165, 1.54) is 16.7 Å². The molecule has 1 amide bonds. The number of nitrogens with zero attached hydrogens (tertiary/aromatic N) is 1. The summed E-state index contributed by atoms with van der Waals surface area (Å²) in [5.74, 6) is -0.868. The van der Waals surface area contributed by atoms with Gasteiger partial charge in [0.25, 0.3) is 0 Å². The first-order valence-electron chi connectivity index (χ1n) is 6.52. The molecule has 0 aliphatic heterocycles. The molecule has 0 aliphatic rings. The Morgan fingerprint density at radius 1 is 1.30 bits per heavy atom. The van der Waals surface area contributed by atoms with Gasteiger partial charge in [0.2, 0.25) is 5.91 Å². The second kappa shape index (κ2) is 7.33. The SMILES string of the molecule is Cc1ccc(C)c(SCC(=O)N(CC(=O)O)C(C)C)c1. The molecule has 20 heavy (non-hydrogen) atoms. The Labute approximate surface area is 124 Å². The van der Waals surface area contributed by atoms with Crippen molar-refractivity contribution in [1.29, 1.82) is 0 Å². The summed E-state index contributed by atoms with van der Waals surface area (Å²) in [5.41, 5.74) is 2.28. The molecule has 1 N–H and O–H groups in total. The Morgan fingerprint density at radius 2 is 1.95 bits per heavy atom. The van der Waals surface area contributed by atoms with Crippen molar-refractivity contribution in [2.24, 2.45) is 0 Å². The minimum atomic E-state index is -0.983. The van der Waals surface area contributed by atoms with E-state index in [1.807, 2.05) is 45.9 Å². The summed E-state index contributed by atoms with van der Waals surface area (Å²) in [6, 6.07) is 5.99. The number of carbonyl (C=O) groups is 2. The van der Waals surface area contributed by atoms with Crippen molar-refractivity contribution in [2.75, 3.05) is 12.3 Å². The molecule has 5 heteroatoms. The van der Waals surface area contributed by atoms with Gasteiger partial charge in [-0.1, -0.05) is 17.7 Å². The Kier molecular flexibility index (Phi) is 6.07. The van der Waals surface area contributed by atoms with E-state index in [0.29, 0.717) is 0 Å². The van der Waals surface area contributed by atoms with Crippen molar-refractivity contribution in [3.05, 3.63) is 29.3 Å². The van der Waals surface area contributed by atoms with Crippen LogP contribution in [0.2, 0.25) is 0 Å². The number of carboxylic acids is 1. The third kappa shape index (κ3) is 4.89. The number of carbonyl (C=O) groups excluding carboxylic acids is 1. The molecular formula is C15H21NO3S. The maximum absolute atomic E-state index is 12.1. The number of aliphatic carboxylic acids is 1. The summed E-state index contributed by atoms with van der Waals surface area (Å²) in [4.78, 5) is 25.4. The lowest BCUT2D eigenvalue weighted by molar-refractivity contribution is -0.144. The molecule has 0 saturated carbocycles. The lowest BCUT2D eigenvalue weighted by Crippen LogP contribution is -2.41. The molecule has 0 unspecified atom stereocenters. The van der Waals surface area contributed by atoms with Gasteiger partial charge in [-0.3, -0.25) is 9.59 Å². The number of rotatable bonds is 6. The van der Waals surface area contributed by atoms with Crippen LogP contribution in [0.5, 0.6) is 0 Å². The van der Waals surface area contributed by atoms with Gasteiger partial charge >= 0.3 is 5.97 Å². The molecule has 0 aromatic heterocycles. The fraction of sp³-hybridized carbons (Fsp3) is 0.467. The molecule has 0 heterocycles. The maximum atomic E-state index is 12.1. The number of hydrogen-bond acceptors (Lipinski definition) is 3. The van der Waals surface area contributed by atoms with Gasteiger partial charge in [0, 0.05) is 10.9 Å². The number of thioether (sulfide) groups is 1. The average Bonchev–Trinajstić information content (AvgIpc) is 2.36. The molecule has 0 bridgehead atoms. The second-order valence-electron chi connectivity index (χ2n) is 5.07. The molecule has 0 radical (unpaired) electrons. The summed E-state index contributed by atoms with van der Waals surface area (Å²) in [5, 5.41) is 8.85. The van der Waals surface area contributed by atoms with E-state index < -0.39 is 5.97 Å². The van der Waals surface area contributed by atoms with Gasteiger partial charge in [0.1, 0.15) is 6.54 Å². The Morgan fingerprint density at radius 3 is 2.50 bits per heavy atom. The van der Waals surface area contributed by atoms with Crippen LogP contribution in [0.25, 0.3) is 0 Å². The van der Waals surface area contributed by atoms with Crippen LogP contribution < -0.4 is 0 Å². The highest BCUT2D eigenvalue weighted by Crippen LogP contribution is 2.24. The molecule has 0 saturated heterocycles. The summed E-state index contributed by atoms with van der Waals surface area (Å²) in [7, 11) is 0. The summed E-state index contributed by atoms with van der Waals surface area (Å²) in [6.45, 7) is 7.41. The van der Waals surface area contributed by atoms with Gasteiger partial charge < -0.3 is 10.0 Å². The third-order valence-electron chi connectivity index (χ3n) is 2.94. The summed E-state index contributed by atoms with van der Waals surface area (Å²) >= 11 is 1.46. The largest absolute Gasteiger partial charge is 0.480 e. The summed E-state index contributed by atoms with van der Waals surface area (Å²) in [6.07, 6.45) is 0. The van der Waals surface area contributed by atoms with Crippen molar-refractivity contribution < 1.29 is 14.7 Å². The normalized spacial score (nSPS) is 10.7. The minimum Gasteiger partial charge on any atom is -0.480 e. The van der Waals surface area contributed by atoms with Crippen LogP contribution >= 0.6 is 11.8 Å². The van der Waals surface area contributed by atoms with Gasteiger partial charge in [-0.05, 0) is 39.3 Å². The molecule has 0 atom stereocenters. The predicted octanol–water partition coefficient (Wildman–Crippen LogP) is 2.72. The fourth-order valence-corrected chi connectivity index (χ4v) is 2.80. The van der Waals surface area contributed by atoms with Crippen molar-refractivity contribution in [2.45, 2.75) is 38.6 Å². The van der Waals surface area contributed by atoms with E-state index >= 15 is 0 Å². The number of hydrogen-bond donors (Lipinski definition) is 1. The van der Waals surface area contributed by atoms with Gasteiger partial charge in [-0.25, -0.2) is 0 Å². The molecule has 0 spiro atoms. The third-order valence-corrected chi connectivity index (χ3v) is 4.09. The highest BCUT2D eigenvalue weighted by molar-refractivity contribution is 8.00. The molecule has 0 aliphatic carbocycles. The molecule has 1 aromatic rings. The van der Waals surface area contributed by atoms with Crippen LogP contribution in [-0.2, 0) is 9.59 Å². The predicted molar refractivity (Wildman–Crippen MR) is 81.1 cm³/mol. The lowest BCUT2D eigenvalue weighted by Gasteiger charge is -2.24. The maximum Gasteiger partial charge on any atom is 0.323 e. The van der Waals surface area contributed by atoms with Crippen LogP contribution in [0, 0.1) is 13.8 Å². The van der Waals surface area contributed by atoms with E-state index in [9.17, 15) is 9.59 Å². The Bertz CT molecular complexity index is 500. The van der Waals surface area contributed by atoms with Crippen molar-refractivity contribution in [3.8, 4) is 0 Å². The van der Waals surface area contributed by atoms with Crippen LogP contribution in [0.15, 0.2) is 23.1 Å². The number of amides is 1. The van der Waals surface area contributed by atoms with E-state index in [4.69, 9.17) is 5.11 Å². The molecule has 4 nitrogen and oxygen atoms in total. The van der Waals surface area contributed by atoms with E-state index in [2.05, 4.69) is 0 Å². The zero-order chi connectivity index (χ0) is 15.3. The van der Waals surface area contributed by atoms with Crippen LogP contribution in [0.4, 0.5) is 0 Å². The van der Waals surface area contributed by atoms with Crippen molar-refractivity contribution >= 4 is 23.6 Å². The lowest BCUT2D eigenvalue weighted by atomic mass is 10.2.